The number of nitrogens with zero attached hydrogens (tertiary/aromatic N) is 4. The number of carbonyl (C=O) groups excluding carboxylic acids is 1. The summed E-state index contributed by atoms with van der Waals surface area (Å²) in [5.74, 6) is 0.414. The number of rotatable bonds is 6. The summed E-state index contributed by atoms with van der Waals surface area (Å²) in [6.45, 7) is 6.07. The molecular formula is C29H27FN8O. The zero-order valence-corrected chi connectivity index (χ0v) is 21.7. The molecule has 0 saturated heterocycles. The van der Waals surface area contributed by atoms with Crippen molar-refractivity contribution in [3.63, 3.8) is 0 Å². The van der Waals surface area contributed by atoms with Crippen LogP contribution in [0.5, 0.6) is 0 Å². The van der Waals surface area contributed by atoms with Crippen LogP contribution in [0.4, 0.5) is 4.39 Å². The Kier molecular flexibility index (Phi) is 6.14. The molecule has 1 aromatic carbocycles. The maximum absolute atomic E-state index is 14.6. The van der Waals surface area contributed by atoms with Crippen molar-refractivity contribution in [2.75, 3.05) is 0 Å². The van der Waals surface area contributed by atoms with Gasteiger partial charge in [-0.15, -0.1) is 0 Å². The third kappa shape index (κ3) is 4.65. The fourth-order valence-electron chi connectivity index (χ4n) is 4.79. The van der Waals surface area contributed by atoms with Crippen LogP contribution in [0.1, 0.15) is 32.8 Å². The molecule has 6 rings (SSSR count). The van der Waals surface area contributed by atoms with E-state index >= 15 is 0 Å². The van der Waals surface area contributed by atoms with Gasteiger partial charge in [0.05, 0.1) is 11.1 Å². The van der Waals surface area contributed by atoms with Crippen molar-refractivity contribution in [3.05, 3.63) is 78.1 Å². The number of allylic oxidation sites excluding steroid dienone is 1. The lowest BCUT2D eigenvalue weighted by Gasteiger charge is -2.23. The summed E-state index contributed by atoms with van der Waals surface area (Å²) in [5, 5.41) is 14.5. The zero-order chi connectivity index (χ0) is 27.1. The molecule has 4 N–H and O–H groups in total. The third-order valence-corrected chi connectivity index (χ3v) is 6.67. The molecule has 4 aromatic heterocycles. The summed E-state index contributed by atoms with van der Waals surface area (Å²) >= 11 is 0. The van der Waals surface area contributed by atoms with E-state index in [1.807, 2.05) is 39.1 Å². The second-order valence-corrected chi connectivity index (χ2v) is 10.0. The average Bonchev–Trinajstić information content (AvgIpc) is 3.53. The van der Waals surface area contributed by atoms with Crippen molar-refractivity contribution in [3.8, 4) is 22.6 Å². The Labute approximate surface area is 223 Å². The molecule has 196 valence electrons. The predicted octanol–water partition coefficient (Wildman–Crippen LogP) is 5.08. The van der Waals surface area contributed by atoms with Gasteiger partial charge in [0.15, 0.2) is 17.1 Å². The lowest BCUT2D eigenvalue weighted by atomic mass is 9.97. The van der Waals surface area contributed by atoms with Crippen LogP contribution in [0.3, 0.4) is 0 Å². The minimum absolute atomic E-state index is 0.00378. The molecule has 0 bridgehead atoms. The molecule has 0 spiro atoms. The third-order valence-electron chi connectivity index (χ3n) is 6.67. The molecule has 5 heterocycles. The first-order valence-corrected chi connectivity index (χ1v) is 12.8. The molecule has 5 aromatic rings. The first-order valence-electron chi connectivity index (χ1n) is 12.8. The second-order valence-electron chi connectivity index (χ2n) is 10.0. The number of imidazole rings is 1. The van der Waals surface area contributed by atoms with E-state index in [0.29, 0.717) is 51.6 Å². The quantitative estimate of drug-likeness (QED) is 0.247. The number of halogens is 1. The number of nitrogens with one attached hydrogen (secondary N) is 4. The van der Waals surface area contributed by atoms with Gasteiger partial charge in [-0.3, -0.25) is 9.89 Å². The summed E-state index contributed by atoms with van der Waals surface area (Å²) < 4.78 is 14.6. The van der Waals surface area contributed by atoms with Gasteiger partial charge in [0.25, 0.3) is 0 Å². The summed E-state index contributed by atoms with van der Waals surface area (Å²) in [5.41, 5.74) is 5.93. The van der Waals surface area contributed by atoms with Crippen molar-refractivity contribution < 1.29 is 9.18 Å². The summed E-state index contributed by atoms with van der Waals surface area (Å²) in [6, 6.07) is 10.4. The molecule has 1 aliphatic heterocycles. The Balaban J connectivity index is 1.39. The van der Waals surface area contributed by atoms with E-state index in [9.17, 15) is 9.18 Å². The maximum atomic E-state index is 14.6. The molecule has 1 unspecified atom stereocenters. The van der Waals surface area contributed by atoms with Gasteiger partial charge in [-0.25, -0.2) is 19.3 Å². The van der Waals surface area contributed by atoms with E-state index in [2.05, 4.69) is 35.8 Å². The van der Waals surface area contributed by atoms with Gasteiger partial charge in [0.1, 0.15) is 17.0 Å². The van der Waals surface area contributed by atoms with Crippen molar-refractivity contribution in [2.24, 2.45) is 5.92 Å². The molecule has 0 radical (unpaired) electrons. The van der Waals surface area contributed by atoms with E-state index in [4.69, 9.17) is 4.98 Å². The molecule has 10 heteroatoms. The highest BCUT2D eigenvalue weighted by Crippen LogP contribution is 2.33. The first-order chi connectivity index (χ1) is 18.9. The number of amides is 1. The second kappa shape index (κ2) is 9.79. The van der Waals surface area contributed by atoms with Gasteiger partial charge in [-0.2, -0.15) is 5.10 Å². The molecule has 0 aliphatic carbocycles. The summed E-state index contributed by atoms with van der Waals surface area (Å²) in [6.07, 6.45) is 7.64. The minimum atomic E-state index is -0.328. The van der Waals surface area contributed by atoms with Gasteiger partial charge in [-0.1, -0.05) is 32.0 Å². The van der Waals surface area contributed by atoms with Crippen LogP contribution < -0.4 is 10.6 Å². The molecular weight excluding hydrogens is 495 g/mol. The Morgan fingerprint density at radius 1 is 1.13 bits per heavy atom. The van der Waals surface area contributed by atoms with Crippen LogP contribution in [0, 0.1) is 11.7 Å². The van der Waals surface area contributed by atoms with Crippen LogP contribution in [-0.4, -0.2) is 42.1 Å². The maximum Gasteiger partial charge on any atom is 0.224 e. The van der Waals surface area contributed by atoms with E-state index in [0.717, 1.165) is 16.5 Å². The average molecular weight is 523 g/mol. The molecule has 0 saturated carbocycles. The van der Waals surface area contributed by atoms with Gasteiger partial charge in [0, 0.05) is 42.2 Å². The van der Waals surface area contributed by atoms with Gasteiger partial charge in [-0.05, 0) is 48.3 Å². The Hall–Kier alpha value is -4.86. The zero-order valence-electron chi connectivity index (χ0n) is 21.7. The lowest BCUT2D eigenvalue weighted by molar-refractivity contribution is -0.121. The number of benzene rings is 1. The summed E-state index contributed by atoms with van der Waals surface area (Å²) in [7, 11) is 0. The monoisotopic (exact) mass is 522 g/mol. The molecule has 0 fully saturated rings. The van der Waals surface area contributed by atoms with Crippen LogP contribution in [0.25, 0.3) is 50.4 Å². The SMILES string of the molecule is CC(C)CC(=O)NC1=CNC(C)C(c2cnc3[nH]nc(-c4nc5c(-c6ccccc6F)ccnc5[nH]4)c3c2)=C1. The van der Waals surface area contributed by atoms with Crippen molar-refractivity contribution >= 4 is 33.7 Å². The van der Waals surface area contributed by atoms with E-state index in [1.165, 1.54) is 6.07 Å². The van der Waals surface area contributed by atoms with E-state index in [1.54, 1.807) is 36.7 Å². The molecule has 1 aliphatic rings. The number of dihydropyridines is 1. The number of H-pyrrole nitrogens is 2. The highest BCUT2D eigenvalue weighted by Gasteiger charge is 2.21. The highest BCUT2D eigenvalue weighted by atomic mass is 19.1. The molecule has 9 nitrogen and oxygen atoms in total. The van der Waals surface area contributed by atoms with Crippen LogP contribution in [0.15, 0.2) is 66.8 Å². The Bertz CT molecular complexity index is 1780. The predicted molar refractivity (Wildman–Crippen MR) is 148 cm³/mol. The van der Waals surface area contributed by atoms with Crippen molar-refractivity contribution in [2.45, 2.75) is 33.2 Å². The Morgan fingerprint density at radius 3 is 2.79 bits per heavy atom. The Morgan fingerprint density at radius 2 is 1.97 bits per heavy atom. The van der Waals surface area contributed by atoms with Crippen molar-refractivity contribution in [1.29, 1.82) is 0 Å². The number of aromatic amines is 2. The standard InChI is InChI=1S/C29H27FN8O/c1-15(2)10-24(39)34-18-12-21(16(3)32-14-18)17-11-22-26(37-38-27(22)33-13-17)29-35-25-20(8-9-31-28(25)36-29)19-6-4-5-7-23(19)30/h4-9,11-16,32H,10H2,1-3H3,(H,34,39)(H,31,35,36)(H,33,37,38). The fourth-order valence-corrected chi connectivity index (χ4v) is 4.79. The number of hydrogen-bond acceptors (Lipinski definition) is 6. The van der Waals surface area contributed by atoms with Gasteiger partial charge >= 0.3 is 0 Å². The summed E-state index contributed by atoms with van der Waals surface area (Å²) in [4.78, 5) is 29.3. The van der Waals surface area contributed by atoms with Crippen LogP contribution in [0.2, 0.25) is 0 Å². The van der Waals surface area contributed by atoms with E-state index in [-0.39, 0.29) is 23.7 Å². The van der Waals surface area contributed by atoms with Crippen LogP contribution in [-0.2, 0) is 4.79 Å². The number of pyridine rings is 2. The first kappa shape index (κ1) is 24.5. The van der Waals surface area contributed by atoms with Crippen LogP contribution >= 0.6 is 0 Å². The number of fused-ring (bicyclic) bond motifs is 2. The number of aromatic nitrogens is 6. The molecule has 1 amide bonds. The molecule has 39 heavy (non-hydrogen) atoms. The van der Waals surface area contributed by atoms with Gasteiger partial charge in [0.2, 0.25) is 5.91 Å². The number of hydrogen-bond donors (Lipinski definition) is 4. The fraction of sp³-hybridized carbons (Fsp3) is 0.207. The number of carbonyl (C=O) groups is 1. The van der Waals surface area contributed by atoms with E-state index < -0.39 is 0 Å². The lowest BCUT2D eigenvalue weighted by Crippen LogP contribution is -2.31. The largest absolute Gasteiger partial charge is 0.383 e. The topological polar surface area (TPSA) is 124 Å². The minimum Gasteiger partial charge on any atom is -0.383 e. The normalized spacial score (nSPS) is 15.4. The molecule has 1 atom stereocenters. The smallest absolute Gasteiger partial charge is 0.224 e. The highest BCUT2D eigenvalue weighted by molar-refractivity contribution is 5.96. The van der Waals surface area contributed by atoms with Gasteiger partial charge < -0.3 is 15.6 Å². The van der Waals surface area contributed by atoms with Crippen molar-refractivity contribution in [1.82, 2.24) is 40.8 Å².